The molecule has 0 saturated carbocycles. The highest BCUT2D eigenvalue weighted by Crippen LogP contribution is 2.34. The number of rotatable bonds is 4. The smallest absolute Gasteiger partial charge is 0.239 e. The third-order valence-electron chi connectivity index (χ3n) is 6.46. The Morgan fingerprint density at radius 1 is 0.903 bits per heavy atom. The molecule has 5 rings (SSSR count). The largest absolute Gasteiger partial charge is 0.383 e. The maximum atomic E-state index is 6.23. The standard InChI is InChI=1S/C23H29N8/c1-31(2,19-7-6-17-4-3-5-18(17)14-19)22-15-20(24)27-23(28-22)30-12-10-29(11-13-30)21-16-25-8-9-26-21/h6-9,14-16H,3-5,10-13H2,1-2H3,(H2,24,27,28)/q+1. The SMILES string of the molecule is C[N+](C)(c1ccc2c(c1)CCC2)c1cc(N)nc(N2CCN(c3cnccn3)CC2)n1. The molecule has 0 radical (unpaired) electrons. The minimum atomic E-state index is 0.503. The zero-order valence-corrected chi connectivity index (χ0v) is 18.2. The van der Waals surface area contributed by atoms with E-state index in [0.717, 1.165) is 44.2 Å². The molecular weight excluding hydrogens is 388 g/mol. The van der Waals surface area contributed by atoms with E-state index in [1.54, 1.807) is 18.6 Å². The summed E-state index contributed by atoms with van der Waals surface area (Å²) < 4.78 is 0.534. The summed E-state index contributed by atoms with van der Waals surface area (Å²) in [6, 6.07) is 8.73. The zero-order valence-electron chi connectivity index (χ0n) is 18.2. The fourth-order valence-corrected chi connectivity index (χ4v) is 4.50. The van der Waals surface area contributed by atoms with E-state index in [2.05, 4.69) is 57.0 Å². The van der Waals surface area contributed by atoms with Gasteiger partial charge in [-0.05, 0) is 36.5 Å². The molecule has 1 fully saturated rings. The predicted octanol–water partition coefficient (Wildman–Crippen LogP) is 2.56. The number of aromatic nitrogens is 4. The van der Waals surface area contributed by atoms with Gasteiger partial charge in [-0.25, -0.2) is 9.47 Å². The molecule has 1 saturated heterocycles. The molecule has 31 heavy (non-hydrogen) atoms. The molecule has 3 heterocycles. The van der Waals surface area contributed by atoms with Gasteiger partial charge in [0.25, 0.3) is 0 Å². The van der Waals surface area contributed by atoms with Crippen LogP contribution in [0.3, 0.4) is 0 Å². The maximum Gasteiger partial charge on any atom is 0.239 e. The van der Waals surface area contributed by atoms with Crippen molar-refractivity contribution < 1.29 is 0 Å². The number of aryl methyl sites for hydroxylation is 2. The second kappa shape index (κ2) is 7.77. The van der Waals surface area contributed by atoms with Crippen LogP contribution in [-0.2, 0) is 12.8 Å². The Kier molecular flexibility index (Phi) is 4.94. The average Bonchev–Trinajstić information content (AvgIpc) is 3.27. The lowest BCUT2D eigenvalue weighted by Gasteiger charge is -2.35. The van der Waals surface area contributed by atoms with Gasteiger partial charge in [-0.1, -0.05) is 6.07 Å². The van der Waals surface area contributed by atoms with Gasteiger partial charge in [0, 0.05) is 44.6 Å². The molecular formula is C23H29N8+. The van der Waals surface area contributed by atoms with E-state index < -0.39 is 0 Å². The molecule has 2 aliphatic rings. The van der Waals surface area contributed by atoms with Gasteiger partial charge in [0.05, 0.1) is 26.4 Å². The lowest BCUT2D eigenvalue weighted by Crippen LogP contribution is -2.47. The number of nitrogens with two attached hydrogens (primary N) is 1. The van der Waals surface area contributed by atoms with Crippen LogP contribution in [0.4, 0.5) is 29.1 Å². The van der Waals surface area contributed by atoms with Crippen molar-refractivity contribution in [3.05, 3.63) is 54.0 Å². The van der Waals surface area contributed by atoms with Gasteiger partial charge < -0.3 is 15.5 Å². The number of nitrogen functional groups attached to an aromatic ring is 1. The number of hydrogen-bond acceptors (Lipinski definition) is 7. The van der Waals surface area contributed by atoms with Crippen LogP contribution in [0.2, 0.25) is 0 Å². The highest BCUT2D eigenvalue weighted by atomic mass is 15.4. The fourth-order valence-electron chi connectivity index (χ4n) is 4.50. The lowest BCUT2D eigenvalue weighted by molar-refractivity contribution is 0.535. The van der Waals surface area contributed by atoms with E-state index in [4.69, 9.17) is 10.7 Å². The topological polar surface area (TPSA) is 84.1 Å². The summed E-state index contributed by atoms with van der Waals surface area (Å²) in [5.74, 6) is 3.01. The summed E-state index contributed by atoms with van der Waals surface area (Å²) in [5, 5.41) is 0. The Labute approximate surface area is 183 Å². The molecule has 0 atom stereocenters. The molecule has 1 aromatic carbocycles. The van der Waals surface area contributed by atoms with Crippen molar-refractivity contribution in [2.45, 2.75) is 19.3 Å². The molecule has 1 aliphatic heterocycles. The van der Waals surface area contributed by atoms with Gasteiger partial charge in [0.15, 0.2) is 0 Å². The van der Waals surface area contributed by atoms with E-state index in [1.807, 2.05) is 6.07 Å². The first-order valence-electron chi connectivity index (χ1n) is 10.9. The van der Waals surface area contributed by atoms with Crippen molar-refractivity contribution >= 4 is 29.1 Å². The second-order valence-electron chi connectivity index (χ2n) is 8.75. The first-order chi connectivity index (χ1) is 15.0. The van der Waals surface area contributed by atoms with Crippen LogP contribution in [0.5, 0.6) is 0 Å². The lowest BCUT2D eigenvalue weighted by atomic mass is 10.1. The third-order valence-corrected chi connectivity index (χ3v) is 6.46. The van der Waals surface area contributed by atoms with Crippen LogP contribution in [0, 0.1) is 0 Å². The molecule has 8 nitrogen and oxygen atoms in total. The molecule has 0 unspecified atom stereocenters. The van der Waals surface area contributed by atoms with Crippen LogP contribution in [-0.4, -0.2) is 60.2 Å². The summed E-state index contributed by atoms with van der Waals surface area (Å²) in [6.07, 6.45) is 8.83. The summed E-state index contributed by atoms with van der Waals surface area (Å²) in [6.45, 7) is 3.31. The average molecular weight is 418 g/mol. The number of anilines is 3. The number of piperazine rings is 1. The normalized spacial score (nSPS) is 16.5. The first kappa shape index (κ1) is 19.7. The van der Waals surface area contributed by atoms with Crippen LogP contribution >= 0.6 is 0 Å². The van der Waals surface area contributed by atoms with Crippen LogP contribution in [0.1, 0.15) is 17.5 Å². The molecule has 2 aromatic heterocycles. The highest BCUT2D eigenvalue weighted by molar-refractivity contribution is 5.60. The van der Waals surface area contributed by atoms with Crippen molar-refractivity contribution in [3.8, 4) is 0 Å². The Hall–Kier alpha value is -3.26. The summed E-state index contributed by atoms with van der Waals surface area (Å²) in [4.78, 5) is 22.5. The predicted molar refractivity (Wildman–Crippen MR) is 125 cm³/mol. The zero-order chi connectivity index (χ0) is 21.4. The quantitative estimate of drug-likeness (QED) is 0.653. The van der Waals surface area contributed by atoms with Crippen molar-refractivity contribution in [1.29, 1.82) is 0 Å². The Morgan fingerprint density at radius 3 is 2.45 bits per heavy atom. The molecule has 8 heteroatoms. The molecule has 2 N–H and O–H groups in total. The monoisotopic (exact) mass is 417 g/mol. The Morgan fingerprint density at radius 2 is 1.68 bits per heavy atom. The molecule has 0 amide bonds. The molecule has 0 bridgehead atoms. The number of benzene rings is 1. The van der Waals surface area contributed by atoms with E-state index in [1.165, 1.54) is 29.7 Å². The van der Waals surface area contributed by atoms with Crippen LogP contribution in [0.15, 0.2) is 42.9 Å². The van der Waals surface area contributed by atoms with Gasteiger partial charge in [-0.15, -0.1) is 0 Å². The first-order valence-corrected chi connectivity index (χ1v) is 10.9. The van der Waals surface area contributed by atoms with Gasteiger partial charge in [-0.2, -0.15) is 9.97 Å². The van der Waals surface area contributed by atoms with E-state index >= 15 is 0 Å². The Bertz CT molecular complexity index is 1070. The summed E-state index contributed by atoms with van der Waals surface area (Å²) >= 11 is 0. The second-order valence-corrected chi connectivity index (χ2v) is 8.75. The van der Waals surface area contributed by atoms with Gasteiger partial charge in [-0.3, -0.25) is 4.98 Å². The van der Waals surface area contributed by atoms with E-state index in [0.29, 0.717) is 16.2 Å². The maximum absolute atomic E-state index is 6.23. The van der Waals surface area contributed by atoms with Crippen LogP contribution in [0.25, 0.3) is 0 Å². The van der Waals surface area contributed by atoms with Gasteiger partial charge in [0.1, 0.15) is 17.3 Å². The third kappa shape index (κ3) is 3.79. The van der Waals surface area contributed by atoms with E-state index in [-0.39, 0.29) is 0 Å². The van der Waals surface area contributed by atoms with E-state index in [9.17, 15) is 0 Å². The number of hydrogen-bond donors (Lipinski definition) is 1. The minimum absolute atomic E-state index is 0.503. The molecule has 0 spiro atoms. The number of nitrogens with zero attached hydrogens (tertiary/aromatic N) is 7. The summed E-state index contributed by atoms with van der Waals surface area (Å²) in [5.41, 5.74) is 10.4. The van der Waals surface area contributed by atoms with Crippen LogP contribution < -0.4 is 20.0 Å². The summed E-state index contributed by atoms with van der Waals surface area (Å²) in [7, 11) is 4.32. The molecule has 1 aliphatic carbocycles. The van der Waals surface area contributed by atoms with Gasteiger partial charge in [0.2, 0.25) is 11.8 Å². The Balaban J connectivity index is 1.38. The van der Waals surface area contributed by atoms with Gasteiger partial charge >= 0.3 is 0 Å². The highest BCUT2D eigenvalue weighted by Gasteiger charge is 2.29. The fraction of sp³-hybridized carbons (Fsp3) is 0.391. The van der Waals surface area contributed by atoms with Crippen molar-refractivity contribution in [2.24, 2.45) is 0 Å². The van der Waals surface area contributed by atoms with Crippen molar-refractivity contribution in [2.75, 3.05) is 55.8 Å². The van der Waals surface area contributed by atoms with Crippen molar-refractivity contribution in [1.82, 2.24) is 24.4 Å². The number of quaternary nitrogens is 1. The minimum Gasteiger partial charge on any atom is -0.383 e. The number of fused-ring (bicyclic) bond motifs is 1. The van der Waals surface area contributed by atoms with Crippen molar-refractivity contribution in [3.63, 3.8) is 0 Å². The molecule has 3 aromatic rings. The molecule has 160 valence electrons.